The number of carbonyl (C=O) groups excluding carboxylic acids is 2. The van der Waals surface area contributed by atoms with Gasteiger partial charge in [0.25, 0.3) is 0 Å². The highest BCUT2D eigenvalue weighted by Gasteiger charge is 2.19. The highest BCUT2D eigenvalue weighted by atomic mass is 16.8. The summed E-state index contributed by atoms with van der Waals surface area (Å²) in [6, 6.07) is 5.54. The monoisotopic (exact) mass is 392 g/mol. The molecule has 0 N–H and O–H groups in total. The summed E-state index contributed by atoms with van der Waals surface area (Å²) >= 11 is 0. The van der Waals surface area contributed by atoms with Crippen molar-refractivity contribution in [2.45, 2.75) is 32.8 Å². The average Bonchev–Trinajstić information content (AvgIpc) is 2.96. The standard InChI is InChI=1S/C20H28N2O6/c1-20(2,3)28-19(24)27-13-26-18(23)22-12-14(9-10-21(4)5)16-8-7-15(25-6)11-17(16)22/h7-8,11-12H,9-10,13H2,1-6H3. The Morgan fingerprint density at radius 2 is 1.86 bits per heavy atom. The molecule has 0 bridgehead atoms. The van der Waals surface area contributed by atoms with Crippen LogP contribution in [-0.2, 0) is 20.6 Å². The largest absolute Gasteiger partial charge is 0.511 e. The van der Waals surface area contributed by atoms with E-state index in [2.05, 4.69) is 4.90 Å². The second-order valence-electron chi connectivity index (χ2n) is 7.60. The smallest absolute Gasteiger partial charge is 0.497 e. The molecule has 8 nitrogen and oxygen atoms in total. The number of aromatic nitrogens is 1. The molecule has 0 amide bonds. The van der Waals surface area contributed by atoms with Gasteiger partial charge in [-0.1, -0.05) is 0 Å². The van der Waals surface area contributed by atoms with E-state index in [-0.39, 0.29) is 0 Å². The molecule has 0 aliphatic rings. The van der Waals surface area contributed by atoms with E-state index in [0.29, 0.717) is 11.3 Å². The van der Waals surface area contributed by atoms with Crippen molar-refractivity contribution < 1.29 is 28.5 Å². The lowest BCUT2D eigenvalue weighted by atomic mass is 10.1. The maximum absolute atomic E-state index is 12.5. The van der Waals surface area contributed by atoms with Crippen LogP contribution in [0.3, 0.4) is 0 Å². The summed E-state index contributed by atoms with van der Waals surface area (Å²) < 4.78 is 21.5. The zero-order chi connectivity index (χ0) is 20.9. The molecule has 2 aromatic rings. The molecule has 0 atom stereocenters. The van der Waals surface area contributed by atoms with E-state index in [4.69, 9.17) is 18.9 Å². The summed E-state index contributed by atoms with van der Waals surface area (Å²) in [5.41, 5.74) is 0.988. The van der Waals surface area contributed by atoms with Gasteiger partial charge in [0.2, 0.25) is 6.79 Å². The molecule has 0 aliphatic carbocycles. The first-order valence-corrected chi connectivity index (χ1v) is 8.96. The Hall–Kier alpha value is -2.74. The van der Waals surface area contributed by atoms with E-state index in [1.54, 1.807) is 40.1 Å². The summed E-state index contributed by atoms with van der Waals surface area (Å²) in [7, 11) is 5.55. The van der Waals surface area contributed by atoms with Crippen LogP contribution in [0.25, 0.3) is 10.9 Å². The van der Waals surface area contributed by atoms with Gasteiger partial charge in [0.1, 0.15) is 11.4 Å². The number of methoxy groups -OCH3 is 1. The van der Waals surface area contributed by atoms with Crippen molar-refractivity contribution in [3.8, 4) is 5.75 Å². The number of benzene rings is 1. The van der Waals surface area contributed by atoms with Gasteiger partial charge >= 0.3 is 12.2 Å². The van der Waals surface area contributed by atoms with Crippen LogP contribution in [0.2, 0.25) is 0 Å². The molecule has 28 heavy (non-hydrogen) atoms. The Labute approximate surface area is 164 Å². The molecule has 0 aliphatic heterocycles. The Kier molecular flexibility index (Phi) is 6.90. The van der Waals surface area contributed by atoms with Crippen molar-refractivity contribution in [2.75, 3.05) is 34.5 Å². The first-order valence-electron chi connectivity index (χ1n) is 8.96. The number of carbonyl (C=O) groups is 2. The van der Waals surface area contributed by atoms with Crippen molar-refractivity contribution in [1.29, 1.82) is 0 Å². The first-order chi connectivity index (χ1) is 13.1. The Balaban J connectivity index is 2.15. The Morgan fingerprint density at radius 1 is 1.14 bits per heavy atom. The second kappa shape index (κ2) is 8.97. The fraction of sp³-hybridized carbons (Fsp3) is 0.500. The third-order valence-electron chi connectivity index (χ3n) is 3.87. The molecular formula is C20H28N2O6. The molecule has 0 saturated heterocycles. The van der Waals surface area contributed by atoms with Crippen molar-refractivity contribution in [3.63, 3.8) is 0 Å². The SMILES string of the molecule is COc1ccc2c(CCN(C)C)cn(C(=O)OCOC(=O)OC(C)(C)C)c2c1. The quantitative estimate of drug-likeness (QED) is 0.548. The molecule has 0 unspecified atom stereocenters. The van der Waals surface area contributed by atoms with Crippen LogP contribution < -0.4 is 4.74 Å². The van der Waals surface area contributed by atoms with Crippen LogP contribution in [0, 0.1) is 0 Å². The second-order valence-corrected chi connectivity index (χ2v) is 7.60. The summed E-state index contributed by atoms with van der Waals surface area (Å²) in [5.74, 6) is 0.629. The molecule has 154 valence electrons. The van der Waals surface area contributed by atoms with Crippen molar-refractivity contribution in [3.05, 3.63) is 30.0 Å². The van der Waals surface area contributed by atoms with Crippen LogP contribution in [-0.4, -0.2) is 61.9 Å². The number of fused-ring (bicyclic) bond motifs is 1. The summed E-state index contributed by atoms with van der Waals surface area (Å²) in [5, 5.41) is 0.938. The van der Waals surface area contributed by atoms with Crippen LogP contribution in [0.1, 0.15) is 26.3 Å². The molecule has 2 rings (SSSR count). The van der Waals surface area contributed by atoms with E-state index in [9.17, 15) is 9.59 Å². The molecule has 1 aromatic carbocycles. The molecule has 0 saturated carbocycles. The van der Waals surface area contributed by atoms with Gasteiger partial charge in [-0.05, 0) is 59.0 Å². The van der Waals surface area contributed by atoms with Crippen molar-refractivity contribution in [1.82, 2.24) is 9.47 Å². The third-order valence-corrected chi connectivity index (χ3v) is 3.87. The van der Waals surface area contributed by atoms with Crippen LogP contribution in [0.4, 0.5) is 9.59 Å². The van der Waals surface area contributed by atoms with E-state index < -0.39 is 24.6 Å². The lowest BCUT2D eigenvalue weighted by Crippen LogP contribution is -2.25. The fourth-order valence-electron chi connectivity index (χ4n) is 2.58. The Bertz CT molecular complexity index is 835. The minimum atomic E-state index is -0.897. The van der Waals surface area contributed by atoms with Crippen molar-refractivity contribution in [2.24, 2.45) is 0 Å². The molecule has 0 fully saturated rings. The van der Waals surface area contributed by atoms with Crippen LogP contribution in [0.5, 0.6) is 5.75 Å². The number of hydrogen-bond donors (Lipinski definition) is 0. The predicted molar refractivity (Wildman–Crippen MR) is 105 cm³/mol. The highest BCUT2D eigenvalue weighted by molar-refractivity contribution is 5.92. The number of likely N-dealkylation sites (N-methyl/N-ethyl adjacent to an activating group) is 1. The molecule has 1 heterocycles. The normalized spacial score (nSPS) is 11.5. The van der Waals surface area contributed by atoms with Crippen LogP contribution >= 0.6 is 0 Å². The number of rotatable bonds is 6. The van der Waals surface area contributed by atoms with Gasteiger partial charge in [0.15, 0.2) is 0 Å². The van der Waals surface area contributed by atoms with E-state index in [1.807, 2.05) is 26.2 Å². The van der Waals surface area contributed by atoms with Gasteiger partial charge in [-0.3, -0.25) is 4.57 Å². The van der Waals surface area contributed by atoms with Gasteiger partial charge in [-0.15, -0.1) is 0 Å². The summed E-state index contributed by atoms with van der Waals surface area (Å²) in [4.78, 5) is 26.2. The summed E-state index contributed by atoms with van der Waals surface area (Å²) in [6.07, 6.45) is 0.956. The highest BCUT2D eigenvalue weighted by Crippen LogP contribution is 2.26. The minimum Gasteiger partial charge on any atom is -0.497 e. The average molecular weight is 392 g/mol. The zero-order valence-corrected chi connectivity index (χ0v) is 17.3. The maximum atomic E-state index is 12.5. The Morgan fingerprint density at radius 3 is 2.46 bits per heavy atom. The molecular weight excluding hydrogens is 364 g/mol. The van der Waals surface area contributed by atoms with Gasteiger partial charge in [0, 0.05) is 24.2 Å². The van der Waals surface area contributed by atoms with Gasteiger partial charge < -0.3 is 23.8 Å². The number of ether oxygens (including phenoxy) is 4. The van der Waals surface area contributed by atoms with E-state index >= 15 is 0 Å². The third kappa shape index (κ3) is 5.88. The molecule has 8 heteroatoms. The maximum Gasteiger partial charge on any atom is 0.511 e. The summed E-state index contributed by atoms with van der Waals surface area (Å²) in [6.45, 7) is 5.45. The minimum absolute atomic E-state index is 0.537. The number of nitrogens with zero attached hydrogens (tertiary/aromatic N) is 2. The topological polar surface area (TPSA) is 79.2 Å². The van der Waals surface area contributed by atoms with E-state index in [0.717, 1.165) is 23.9 Å². The molecule has 0 spiro atoms. The van der Waals surface area contributed by atoms with Gasteiger partial charge in [0.05, 0.1) is 12.6 Å². The lowest BCUT2D eigenvalue weighted by molar-refractivity contribution is -0.0464. The predicted octanol–water partition coefficient (Wildman–Crippen LogP) is 3.65. The fourth-order valence-corrected chi connectivity index (χ4v) is 2.58. The van der Waals surface area contributed by atoms with Gasteiger partial charge in [-0.2, -0.15) is 0 Å². The molecule has 0 radical (unpaired) electrons. The lowest BCUT2D eigenvalue weighted by Gasteiger charge is -2.18. The van der Waals surface area contributed by atoms with Crippen LogP contribution in [0.15, 0.2) is 24.4 Å². The number of hydrogen-bond acceptors (Lipinski definition) is 7. The van der Waals surface area contributed by atoms with Gasteiger partial charge in [-0.25, -0.2) is 9.59 Å². The van der Waals surface area contributed by atoms with E-state index in [1.165, 1.54) is 4.57 Å². The first kappa shape index (κ1) is 21.6. The zero-order valence-electron chi connectivity index (χ0n) is 17.3. The van der Waals surface area contributed by atoms with Crippen molar-refractivity contribution >= 4 is 23.2 Å². The molecule has 1 aromatic heterocycles.